The van der Waals surface area contributed by atoms with Crippen LogP contribution in [0.2, 0.25) is 0 Å². The van der Waals surface area contributed by atoms with E-state index in [0.29, 0.717) is 0 Å². The van der Waals surface area contributed by atoms with Gasteiger partial charge in [-0.05, 0) is 19.9 Å². The van der Waals surface area contributed by atoms with Crippen molar-refractivity contribution in [2.75, 3.05) is 7.11 Å². The first-order chi connectivity index (χ1) is 7.80. The molecule has 0 saturated carbocycles. The topological polar surface area (TPSA) is 52.3 Å². The van der Waals surface area contributed by atoms with E-state index in [1.54, 1.807) is 13.8 Å². The van der Waals surface area contributed by atoms with Gasteiger partial charge in [0, 0.05) is 17.7 Å². The number of hydrogen-bond donors (Lipinski definition) is 1. The molecule has 0 aliphatic carbocycles. The maximum atomic E-state index is 13.5. The zero-order chi connectivity index (χ0) is 13.2. The molecule has 1 aromatic carbocycles. The fraction of sp³-hybridized carbons (Fsp3) is 0.417. The molecule has 0 spiro atoms. The molecule has 0 fully saturated rings. The third kappa shape index (κ3) is 3.17. The number of hydrogen-bond acceptors (Lipinski definition) is 3. The van der Waals surface area contributed by atoms with Crippen LogP contribution in [0.4, 0.5) is 8.78 Å². The van der Waals surface area contributed by atoms with Gasteiger partial charge in [-0.2, -0.15) is 0 Å². The van der Waals surface area contributed by atoms with Gasteiger partial charge >= 0.3 is 5.97 Å². The molecule has 0 radical (unpaired) electrons. The summed E-state index contributed by atoms with van der Waals surface area (Å²) >= 11 is 0. The normalized spacial score (nSPS) is 12.6. The summed E-state index contributed by atoms with van der Waals surface area (Å²) in [4.78, 5) is 11.5. The molecule has 2 N–H and O–H groups in total. The van der Waals surface area contributed by atoms with E-state index in [1.807, 2.05) is 0 Å². The smallest absolute Gasteiger partial charge is 0.313 e. The predicted molar refractivity (Wildman–Crippen MR) is 66.3 cm³/mol. The first kappa shape index (κ1) is 16.8. The highest BCUT2D eigenvalue weighted by molar-refractivity contribution is 5.85. The van der Waals surface area contributed by atoms with Crippen molar-refractivity contribution in [3.8, 4) is 0 Å². The standard InChI is InChI=1S/C12H15F2NO2.ClH/c1-12(2,11(16)17-3)10(15)8-5-4-7(13)6-9(8)14;/h4-6,10H,15H2,1-3H3;1H/t10-;/m1./s1. The molecule has 0 unspecified atom stereocenters. The Balaban J connectivity index is 0.00000289. The highest BCUT2D eigenvalue weighted by Crippen LogP contribution is 2.33. The summed E-state index contributed by atoms with van der Waals surface area (Å²) in [5.74, 6) is -2.00. The van der Waals surface area contributed by atoms with Gasteiger partial charge < -0.3 is 10.5 Å². The average Bonchev–Trinajstić information content (AvgIpc) is 2.27. The van der Waals surface area contributed by atoms with E-state index in [4.69, 9.17) is 5.73 Å². The van der Waals surface area contributed by atoms with E-state index in [-0.39, 0.29) is 18.0 Å². The van der Waals surface area contributed by atoms with Crippen molar-refractivity contribution in [2.24, 2.45) is 11.1 Å². The Labute approximate surface area is 111 Å². The van der Waals surface area contributed by atoms with Crippen LogP contribution in [0.25, 0.3) is 0 Å². The molecule has 0 bridgehead atoms. The number of carbonyl (C=O) groups is 1. The molecule has 18 heavy (non-hydrogen) atoms. The number of benzene rings is 1. The highest BCUT2D eigenvalue weighted by Gasteiger charge is 2.37. The van der Waals surface area contributed by atoms with Crippen LogP contribution in [0.3, 0.4) is 0 Å². The molecule has 0 aliphatic rings. The van der Waals surface area contributed by atoms with E-state index >= 15 is 0 Å². The van der Waals surface area contributed by atoms with Gasteiger partial charge in [0.05, 0.1) is 12.5 Å². The van der Waals surface area contributed by atoms with Crippen LogP contribution in [-0.4, -0.2) is 13.1 Å². The Morgan fingerprint density at radius 1 is 1.39 bits per heavy atom. The zero-order valence-corrected chi connectivity index (χ0v) is 11.2. The minimum absolute atomic E-state index is 0. The Bertz CT molecular complexity index is 438. The first-order valence-corrected chi connectivity index (χ1v) is 5.09. The van der Waals surface area contributed by atoms with Crippen molar-refractivity contribution < 1.29 is 18.3 Å². The van der Waals surface area contributed by atoms with Gasteiger partial charge in [0.2, 0.25) is 0 Å². The van der Waals surface area contributed by atoms with Crippen molar-refractivity contribution in [1.29, 1.82) is 0 Å². The fourth-order valence-electron chi connectivity index (χ4n) is 1.53. The zero-order valence-electron chi connectivity index (χ0n) is 10.4. The molecule has 6 heteroatoms. The molecule has 102 valence electrons. The van der Waals surface area contributed by atoms with Crippen molar-refractivity contribution >= 4 is 18.4 Å². The van der Waals surface area contributed by atoms with Gasteiger partial charge in [0.1, 0.15) is 11.6 Å². The largest absolute Gasteiger partial charge is 0.469 e. The van der Waals surface area contributed by atoms with E-state index in [9.17, 15) is 13.6 Å². The lowest BCUT2D eigenvalue weighted by Gasteiger charge is -2.29. The van der Waals surface area contributed by atoms with Gasteiger partial charge in [-0.25, -0.2) is 8.78 Å². The van der Waals surface area contributed by atoms with Crippen LogP contribution in [0.5, 0.6) is 0 Å². The van der Waals surface area contributed by atoms with Crippen LogP contribution < -0.4 is 5.73 Å². The maximum absolute atomic E-state index is 13.5. The lowest BCUT2D eigenvalue weighted by atomic mass is 9.81. The van der Waals surface area contributed by atoms with E-state index < -0.39 is 29.1 Å². The Morgan fingerprint density at radius 3 is 2.39 bits per heavy atom. The van der Waals surface area contributed by atoms with Gasteiger partial charge in [-0.15, -0.1) is 12.4 Å². The molecule has 0 aromatic heterocycles. The van der Waals surface area contributed by atoms with E-state index in [0.717, 1.165) is 12.1 Å². The van der Waals surface area contributed by atoms with Gasteiger partial charge in [0.25, 0.3) is 0 Å². The second-order valence-corrected chi connectivity index (χ2v) is 4.36. The number of ether oxygens (including phenoxy) is 1. The number of carbonyl (C=O) groups excluding carboxylic acids is 1. The third-order valence-electron chi connectivity index (χ3n) is 2.79. The molecular formula is C12H16ClF2NO2. The Hall–Kier alpha value is -1.20. The highest BCUT2D eigenvalue weighted by atomic mass is 35.5. The van der Waals surface area contributed by atoms with Crippen molar-refractivity contribution in [2.45, 2.75) is 19.9 Å². The lowest BCUT2D eigenvalue weighted by Crippen LogP contribution is -2.37. The summed E-state index contributed by atoms with van der Waals surface area (Å²) in [6.45, 7) is 3.10. The molecule has 0 saturated heterocycles. The number of rotatable bonds is 3. The van der Waals surface area contributed by atoms with Crippen LogP contribution in [0.1, 0.15) is 25.5 Å². The Kier molecular flexibility index (Phi) is 5.70. The molecule has 0 aliphatic heterocycles. The van der Waals surface area contributed by atoms with Gasteiger partial charge in [-0.3, -0.25) is 4.79 Å². The lowest BCUT2D eigenvalue weighted by molar-refractivity contribution is -0.152. The average molecular weight is 280 g/mol. The quantitative estimate of drug-likeness (QED) is 0.865. The number of halogens is 3. The van der Waals surface area contributed by atoms with Crippen molar-refractivity contribution in [1.82, 2.24) is 0 Å². The SMILES string of the molecule is COC(=O)C(C)(C)[C@H](N)c1ccc(F)cc1F.Cl. The van der Waals surface area contributed by atoms with Crippen LogP contribution in [-0.2, 0) is 9.53 Å². The van der Waals surface area contributed by atoms with Gasteiger partial charge in [0.15, 0.2) is 0 Å². The summed E-state index contributed by atoms with van der Waals surface area (Å²) in [7, 11) is 1.23. The summed E-state index contributed by atoms with van der Waals surface area (Å²) < 4.78 is 30.9. The number of methoxy groups -OCH3 is 1. The molecule has 3 nitrogen and oxygen atoms in total. The van der Waals surface area contributed by atoms with Crippen LogP contribution in [0.15, 0.2) is 18.2 Å². The number of nitrogens with two attached hydrogens (primary N) is 1. The maximum Gasteiger partial charge on any atom is 0.313 e. The second kappa shape index (κ2) is 6.11. The monoisotopic (exact) mass is 279 g/mol. The summed E-state index contributed by atoms with van der Waals surface area (Å²) in [6, 6.07) is 2.17. The molecular weight excluding hydrogens is 264 g/mol. The van der Waals surface area contributed by atoms with Crippen molar-refractivity contribution in [3.05, 3.63) is 35.4 Å². The molecule has 1 aromatic rings. The number of esters is 1. The first-order valence-electron chi connectivity index (χ1n) is 5.09. The summed E-state index contributed by atoms with van der Waals surface area (Å²) in [5, 5.41) is 0. The molecule has 0 amide bonds. The van der Waals surface area contributed by atoms with Crippen LogP contribution in [0, 0.1) is 17.0 Å². The van der Waals surface area contributed by atoms with Crippen LogP contribution >= 0.6 is 12.4 Å². The Morgan fingerprint density at radius 2 is 1.94 bits per heavy atom. The second-order valence-electron chi connectivity index (χ2n) is 4.36. The molecule has 1 rings (SSSR count). The van der Waals surface area contributed by atoms with E-state index in [1.165, 1.54) is 13.2 Å². The summed E-state index contributed by atoms with van der Waals surface area (Å²) in [5.41, 5.74) is 4.83. The third-order valence-corrected chi connectivity index (χ3v) is 2.79. The van der Waals surface area contributed by atoms with E-state index in [2.05, 4.69) is 4.74 Å². The minimum atomic E-state index is -1.09. The minimum Gasteiger partial charge on any atom is -0.469 e. The fourth-order valence-corrected chi connectivity index (χ4v) is 1.53. The molecule has 1 atom stereocenters. The predicted octanol–water partition coefficient (Wildman–Crippen LogP) is 2.59. The van der Waals surface area contributed by atoms with Crippen molar-refractivity contribution in [3.63, 3.8) is 0 Å². The summed E-state index contributed by atoms with van der Waals surface area (Å²) in [6.07, 6.45) is 0. The molecule has 0 heterocycles. The van der Waals surface area contributed by atoms with Gasteiger partial charge in [-0.1, -0.05) is 6.07 Å².